The van der Waals surface area contributed by atoms with Gasteiger partial charge in [-0.15, -0.1) is 0 Å². The van der Waals surface area contributed by atoms with Crippen LogP contribution >= 0.6 is 0 Å². The van der Waals surface area contributed by atoms with Crippen molar-refractivity contribution in [2.45, 2.75) is 51.7 Å². The molecule has 0 aromatic heterocycles. The first-order valence-corrected chi connectivity index (χ1v) is 8.41. The number of aliphatic carboxylic acids is 1. The largest absolute Gasteiger partial charge is 0.481 e. The van der Waals surface area contributed by atoms with E-state index in [9.17, 15) is 14.4 Å². The molecule has 7 nitrogen and oxygen atoms in total. The number of carboxylic acid groups (broad SMARTS) is 1. The molecule has 0 aliphatic carbocycles. The minimum Gasteiger partial charge on any atom is -0.481 e. The summed E-state index contributed by atoms with van der Waals surface area (Å²) in [5.41, 5.74) is -0.277. The van der Waals surface area contributed by atoms with E-state index in [0.717, 1.165) is 0 Å². The molecular weight excluding hydrogens is 324 g/mol. The number of carboxylic acids is 1. The predicted octanol–water partition coefficient (Wildman–Crippen LogP) is 1.95. The van der Waals surface area contributed by atoms with E-state index in [0.29, 0.717) is 24.3 Å². The summed E-state index contributed by atoms with van der Waals surface area (Å²) in [4.78, 5) is 37.5. The Kier molecular flexibility index (Phi) is 5.66. The molecule has 0 saturated carbocycles. The molecule has 0 spiro atoms. The molecule has 1 aromatic carbocycles. The van der Waals surface area contributed by atoms with Crippen LogP contribution in [0.1, 0.15) is 40.0 Å². The summed E-state index contributed by atoms with van der Waals surface area (Å²) in [5, 5.41) is 11.9. The molecule has 1 aliphatic heterocycles. The molecule has 1 atom stereocenters. The smallest absolute Gasteiger partial charge is 0.305 e. The number of nitrogens with one attached hydrogen (secondary N) is 1. The lowest BCUT2D eigenvalue weighted by Gasteiger charge is -2.35. The zero-order valence-corrected chi connectivity index (χ0v) is 14.7. The predicted molar refractivity (Wildman–Crippen MR) is 92.6 cm³/mol. The number of benzene rings is 1. The minimum absolute atomic E-state index is 0.157. The molecule has 0 saturated heterocycles. The first-order valence-electron chi connectivity index (χ1n) is 8.41. The molecule has 0 fully saturated rings. The van der Waals surface area contributed by atoms with Gasteiger partial charge in [-0.05, 0) is 31.9 Å². The normalized spacial score (nSPS) is 16.8. The monoisotopic (exact) mass is 348 g/mol. The number of carbonyl (C=O) groups is 3. The van der Waals surface area contributed by atoms with E-state index in [1.54, 1.807) is 31.2 Å². The van der Waals surface area contributed by atoms with Crippen LogP contribution in [0.2, 0.25) is 0 Å². The van der Waals surface area contributed by atoms with Crippen LogP contribution in [0, 0.1) is 0 Å². The van der Waals surface area contributed by atoms with E-state index in [1.807, 2.05) is 13.8 Å². The molecule has 1 aliphatic rings. The number of ether oxygens (including phenoxy) is 1. The Hall–Kier alpha value is -2.57. The van der Waals surface area contributed by atoms with Crippen LogP contribution < -0.4 is 15.0 Å². The number of hydrogen-bond donors (Lipinski definition) is 2. The fraction of sp³-hybridized carbons (Fsp3) is 0.500. The highest BCUT2D eigenvalue weighted by molar-refractivity contribution is 6.03. The van der Waals surface area contributed by atoms with Crippen molar-refractivity contribution in [3.05, 3.63) is 24.3 Å². The number of anilines is 1. The molecule has 1 unspecified atom stereocenters. The number of carbonyl (C=O) groups excluding carboxylic acids is 2. The third kappa shape index (κ3) is 4.10. The summed E-state index contributed by atoms with van der Waals surface area (Å²) in [6.07, 6.45) is 0.149. The minimum atomic E-state index is -0.967. The summed E-state index contributed by atoms with van der Waals surface area (Å²) in [5.74, 6) is -1.11. The Balaban J connectivity index is 2.19. The third-order valence-corrected chi connectivity index (χ3v) is 4.62. The molecule has 2 amide bonds. The van der Waals surface area contributed by atoms with Gasteiger partial charge in [-0.1, -0.05) is 26.0 Å². The lowest BCUT2D eigenvalue weighted by Crippen LogP contribution is -2.54. The first-order chi connectivity index (χ1) is 11.8. The van der Waals surface area contributed by atoms with E-state index in [1.165, 1.54) is 4.90 Å². The van der Waals surface area contributed by atoms with E-state index < -0.39 is 17.6 Å². The number of rotatable bonds is 7. The summed E-state index contributed by atoms with van der Waals surface area (Å²) >= 11 is 0. The van der Waals surface area contributed by atoms with Crippen LogP contribution in [-0.2, 0) is 14.4 Å². The van der Waals surface area contributed by atoms with Gasteiger partial charge in [0.15, 0.2) is 6.10 Å². The van der Waals surface area contributed by atoms with Gasteiger partial charge < -0.3 is 15.2 Å². The second-order valence-electron chi connectivity index (χ2n) is 6.26. The highest BCUT2D eigenvalue weighted by atomic mass is 16.5. The Morgan fingerprint density at radius 3 is 2.52 bits per heavy atom. The van der Waals surface area contributed by atoms with Crippen molar-refractivity contribution in [3.63, 3.8) is 0 Å². The molecule has 1 aromatic rings. The van der Waals surface area contributed by atoms with Crippen LogP contribution in [0.3, 0.4) is 0 Å². The van der Waals surface area contributed by atoms with Crippen LogP contribution in [0.15, 0.2) is 24.3 Å². The maximum atomic E-state index is 12.5. The van der Waals surface area contributed by atoms with Gasteiger partial charge in [0.1, 0.15) is 12.3 Å². The first kappa shape index (κ1) is 18.8. The zero-order chi connectivity index (χ0) is 18.6. The molecule has 0 bridgehead atoms. The Bertz CT molecular complexity index is 669. The van der Waals surface area contributed by atoms with Gasteiger partial charge >= 0.3 is 5.97 Å². The highest BCUT2D eigenvalue weighted by Gasteiger charge is 2.35. The average molecular weight is 348 g/mol. The zero-order valence-electron chi connectivity index (χ0n) is 14.7. The van der Waals surface area contributed by atoms with Crippen LogP contribution in [0.4, 0.5) is 5.69 Å². The van der Waals surface area contributed by atoms with E-state index in [-0.39, 0.29) is 24.8 Å². The Morgan fingerprint density at radius 1 is 1.28 bits per heavy atom. The second kappa shape index (κ2) is 7.55. The molecule has 2 rings (SSSR count). The van der Waals surface area contributed by atoms with Crippen LogP contribution in [0.5, 0.6) is 5.75 Å². The van der Waals surface area contributed by atoms with Crippen molar-refractivity contribution in [1.82, 2.24) is 5.32 Å². The van der Waals surface area contributed by atoms with E-state index >= 15 is 0 Å². The molecule has 136 valence electrons. The standard InChI is InChI=1S/C18H24N2O5/c1-4-18(5-2,10-16(22)23)19-15(21)11-20-13-8-6-7-9-14(13)25-12(3)17(20)24/h6-9,12H,4-5,10-11H2,1-3H3,(H,19,21)(H,22,23). The number of fused-ring (bicyclic) bond motifs is 1. The molecule has 25 heavy (non-hydrogen) atoms. The second-order valence-corrected chi connectivity index (χ2v) is 6.26. The van der Waals surface area contributed by atoms with Gasteiger partial charge in [-0.3, -0.25) is 19.3 Å². The Morgan fingerprint density at radius 2 is 1.92 bits per heavy atom. The average Bonchev–Trinajstić information content (AvgIpc) is 2.57. The number of nitrogens with zero attached hydrogens (tertiary/aromatic N) is 1. The fourth-order valence-electron chi connectivity index (χ4n) is 3.01. The highest BCUT2D eigenvalue weighted by Crippen LogP contribution is 2.33. The van der Waals surface area contributed by atoms with Gasteiger partial charge in [0.25, 0.3) is 5.91 Å². The summed E-state index contributed by atoms with van der Waals surface area (Å²) < 4.78 is 5.55. The summed E-state index contributed by atoms with van der Waals surface area (Å²) in [6, 6.07) is 7.03. The van der Waals surface area contributed by atoms with Crippen molar-refractivity contribution in [2.75, 3.05) is 11.4 Å². The number of amides is 2. The molecule has 0 radical (unpaired) electrons. The maximum absolute atomic E-state index is 12.5. The fourth-order valence-corrected chi connectivity index (χ4v) is 3.01. The lowest BCUT2D eigenvalue weighted by molar-refractivity contribution is -0.139. The van der Waals surface area contributed by atoms with Gasteiger partial charge in [-0.25, -0.2) is 0 Å². The summed E-state index contributed by atoms with van der Waals surface area (Å²) in [6.45, 7) is 5.13. The van der Waals surface area contributed by atoms with Crippen molar-refractivity contribution in [2.24, 2.45) is 0 Å². The molecular formula is C18H24N2O5. The Labute approximate surface area is 147 Å². The molecule has 1 heterocycles. The van der Waals surface area contributed by atoms with Gasteiger partial charge in [0.05, 0.1) is 17.6 Å². The number of para-hydroxylation sites is 2. The topological polar surface area (TPSA) is 95.9 Å². The van der Waals surface area contributed by atoms with Gasteiger partial charge in [-0.2, -0.15) is 0 Å². The molecule has 7 heteroatoms. The van der Waals surface area contributed by atoms with Gasteiger partial charge in [0.2, 0.25) is 5.91 Å². The quantitative estimate of drug-likeness (QED) is 0.785. The van der Waals surface area contributed by atoms with Gasteiger partial charge in [0, 0.05) is 0 Å². The summed E-state index contributed by atoms with van der Waals surface area (Å²) in [7, 11) is 0. The number of hydrogen-bond acceptors (Lipinski definition) is 4. The maximum Gasteiger partial charge on any atom is 0.305 e. The SMILES string of the molecule is CCC(CC)(CC(=O)O)NC(=O)CN1C(=O)C(C)Oc2ccccc21. The van der Waals surface area contributed by atoms with E-state index in [4.69, 9.17) is 9.84 Å². The lowest BCUT2D eigenvalue weighted by atomic mass is 9.89. The van der Waals surface area contributed by atoms with E-state index in [2.05, 4.69) is 5.32 Å². The van der Waals surface area contributed by atoms with Crippen molar-refractivity contribution in [1.29, 1.82) is 0 Å². The molecule has 2 N–H and O–H groups in total. The van der Waals surface area contributed by atoms with Crippen molar-refractivity contribution in [3.8, 4) is 5.75 Å². The van der Waals surface area contributed by atoms with Crippen LogP contribution in [0.25, 0.3) is 0 Å². The third-order valence-electron chi connectivity index (χ3n) is 4.62. The van der Waals surface area contributed by atoms with Crippen molar-refractivity contribution >= 4 is 23.5 Å². The van der Waals surface area contributed by atoms with Crippen molar-refractivity contribution < 1.29 is 24.2 Å². The van der Waals surface area contributed by atoms with Crippen LogP contribution in [-0.4, -0.2) is 41.1 Å².